The van der Waals surface area contributed by atoms with E-state index >= 15 is 0 Å². The number of aliphatic hydroxyl groups is 1. The van der Waals surface area contributed by atoms with E-state index in [-0.39, 0.29) is 0 Å². The van der Waals surface area contributed by atoms with Crippen LogP contribution in [-0.2, 0) is 4.74 Å². The zero-order valence-electron chi connectivity index (χ0n) is 18.5. The fourth-order valence-corrected chi connectivity index (χ4v) is 4.11. The molecule has 2 aliphatic rings. The van der Waals surface area contributed by atoms with Gasteiger partial charge in [0.25, 0.3) is 0 Å². The van der Waals surface area contributed by atoms with Gasteiger partial charge in [-0.2, -0.15) is 0 Å². The van der Waals surface area contributed by atoms with Crippen molar-refractivity contribution in [3.05, 3.63) is 0 Å². The second-order valence-corrected chi connectivity index (χ2v) is 8.99. The first-order valence-electron chi connectivity index (χ1n) is 11.2. The van der Waals surface area contributed by atoms with Gasteiger partial charge in [-0.3, -0.25) is 14.8 Å². The summed E-state index contributed by atoms with van der Waals surface area (Å²) in [6.45, 7) is 17.0. The van der Waals surface area contributed by atoms with E-state index in [0.29, 0.717) is 25.0 Å². The van der Waals surface area contributed by atoms with Gasteiger partial charge in [0, 0.05) is 38.8 Å². The highest BCUT2D eigenvalue weighted by Gasteiger charge is 2.26. The number of morpholine rings is 1. The molecule has 2 aliphatic heterocycles. The van der Waals surface area contributed by atoms with E-state index in [4.69, 9.17) is 9.73 Å². The Bertz CT molecular complexity index is 458. The number of nitrogens with one attached hydrogen (secondary N) is 2. The number of hydrogen-bond acceptors (Lipinski definition) is 5. The third kappa shape index (κ3) is 8.64. The minimum absolute atomic E-state index is 0.387. The van der Waals surface area contributed by atoms with Crippen LogP contribution in [0.5, 0.6) is 0 Å². The van der Waals surface area contributed by atoms with Gasteiger partial charge < -0.3 is 20.5 Å². The number of hydrogen-bond donors (Lipinski definition) is 3. The molecule has 2 unspecified atom stereocenters. The van der Waals surface area contributed by atoms with Gasteiger partial charge in [0.2, 0.25) is 0 Å². The molecule has 7 heteroatoms. The highest BCUT2D eigenvalue weighted by molar-refractivity contribution is 5.79. The SMILES string of the molecule is CCNC(=NCC(C)(O)CN1CCOCC1)NCC(CC(C)C)N1CCCC1. The molecule has 0 saturated carbocycles. The maximum atomic E-state index is 10.8. The van der Waals surface area contributed by atoms with E-state index in [1.165, 1.54) is 32.4 Å². The molecule has 28 heavy (non-hydrogen) atoms. The predicted octanol–water partition coefficient (Wildman–Crippen LogP) is 1.14. The summed E-state index contributed by atoms with van der Waals surface area (Å²) >= 11 is 0. The molecule has 0 aromatic heterocycles. The van der Waals surface area contributed by atoms with E-state index in [2.05, 4.69) is 41.2 Å². The van der Waals surface area contributed by atoms with Gasteiger partial charge in [-0.25, -0.2) is 0 Å². The molecule has 2 rings (SSSR count). The maximum Gasteiger partial charge on any atom is 0.191 e. The van der Waals surface area contributed by atoms with Crippen LogP contribution >= 0.6 is 0 Å². The van der Waals surface area contributed by atoms with Crippen LogP contribution in [0.25, 0.3) is 0 Å². The van der Waals surface area contributed by atoms with Crippen molar-refractivity contribution < 1.29 is 9.84 Å². The number of nitrogens with zero attached hydrogens (tertiary/aromatic N) is 3. The molecule has 0 aliphatic carbocycles. The zero-order chi connectivity index (χ0) is 20.4. The fraction of sp³-hybridized carbons (Fsp3) is 0.952. The summed E-state index contributed by atoms with van der Waals surface area (Å²) in [5.74, 6) is 1.49. The van der Waals surface area contributed by atoms with Gasteiger partial charge in [0.1, 0.15) is 0 Å². The van der Waals surface area contributed by atoms with Gasteiger partial charge in [0.15, 0.2) is 5.96 Å². The second-order valence-electron chi connectivity index (χ2n) is 8.99. The number of guanidine groups is 1. The maximum absolute atomic E-state index is 10.8. The van der Waals surface area contributed by atoms with E-state index in [1.807, 2.05) is 6.92 Å². The first-order chi connectivity index (χ1) is 13.4. The third-order valence-corrected chi connectivity index (χ3v) is 5.50. The fourth-order valence-electron chi connectivity index (χ4n) is 4.11. The van der Waals surface area contributed by atoms with Crippen LogP contribution in [0.15, 0.2) is 4.99 Å². The van der Waals surface area contributed by atoms with Crippen LogP contribution in [-0.4, -0.2) is 98.1 Å². The molecule has 2 heterocycles. The molecule has 2 fully saturated rings. The van der Waals surface area contributed by atoms with E-state index in [0.717, 1.165) is 45.4 Å². The van der Waals surface area contributed by atoms with Crippen LogP contribution in [0.1, 0.15) is 47.0 Å². The zero-order valence-corrected chi connectivity index (χ0v) is 18.5. The third-order valence-electron chi connectivity index (χ3n) is 5.50. The first kappa shape index (κ1) is 23.4. The Morgan fingerprint density at radius 1 is 1.14 bits per heavy atom. The minimum atomic E-state index is -0.841. The Labute approximate surface area is 171 Å². The van der Waals surface area contributed by atoms with Crippen molar-refractivity contribution in [1.82, 2.24) is 20.4 Å². The number of aliphatic imine (C=N–C) groups is 1. The predicted molar refractivity (Wildman–Crippen MR) is 116 cm³/mol. The van der Waals surface area contributed by atoms with Crippen molar-refractivity contribution in [2.75, 3.05) is 65.6 Å². The van der Waals surface area contributed by atoms with Crippen molar-refractivity contribution >= 4 is 5.96 Å². The van der Waals surface area contributed by atoms with Crippen LogP contribution in [0.4, 0.5) is 0 Å². The number of likely N-dealkylation sites (tertiary alicyclic amines) is 1. The van der Waals surface area contributed by atoms with Crippen LogP contribution in [0.2, 0.25) is 0 Å². The summed E-state index contributed by atoms with van der Waals surface area (Å²) in [6, 6.07) is 0.542. The Kier molecular flexibility index (Phi) is 9.99. The summed E-state index contributed by atoms with van der Waals surface area (Å²) in [6.07, 6.45) is 3.82. The molecular formula is C21H43N5O2. The monoisotopic (exact) mass is 397 g/mol. The molecule has 2 atom stereocenters. The lowest BCUT2D eigenvalue weighted by Gasteiger charge is -2.33. The standard InChI is InChI=1S/C21H43N5O2/c1-5-22-20(23-15-19(14-18(2)3)26-8-6-7-9-26)24-16-21(4,27)17-25-10-12-28-13-11-25/h18-19,27H,5-17H2,1-4H3,(H2,22,23,24). The summed E-state index contributed by atoms with van der Waals surface area (Å²) in [7, 11) is 0. The molecule has 164 valence electrons. The Balaban J connectivity index is 1.88. The molecule has 0 spiro atoms. The molecule has 0 radical (unpaired) electrons. The minimum Gasteiger partial charge on any atom is -0.387 e. The Morgan fingerprint density at radius 2 is 1.82 bits per heavy atom. The molecule has 0 amide bonds. The average Bonchev–Trinajstić information content (AvgIpc) is 3.17. The normalized spacial score (nSPS) is 23.0. The second kappa shape index (κ2) is 12.0. The van der Waals surface area contributed by atoms with Gasteiger partial charge in [-0.05, 0) is 52.1 Å². The van der Waals surface area contributed by atoms with Crippen LogP contribution in [0.3, 0.4) is 0 Å². The number of β-amino-alcohol motifs (C(OH)–C–C–N with tert-alkyl or cyclic N) is 1. The average molecular weight is 398 g/mol. The molecule has 0 aromatic carbocycles. The van der Waals surface area contributed by atoms with Crippen molar-refractivity contribution in [3.63, 3.8) is 0 Å². The molecule has 2 saturated heterocycles. The van der Waals surface area contributed by atoms with E-state index < -0.39 is 5.60 Å². The van der Waals surface area contributed by atoms with Crippen molar-refractivity contribution in [1.29, 1.82) is 0 Å². The number of rotatable bonds is 10. The van der Waals surface area contributed by atoms with Gasteiger partial charge in [0.05, 0.1) is 25.4 Å². The smallest absolute Gasteiger partial charge is 0.191 e. The van der Waals surface area contributed by atoms with Crippen LogP contribution in [0, 0.1) is 5.92 Å². The quantitative estimate of drug-likeness (QED) is 0.379. The molecule has 0 bridgehead atoms. The molecule has 0 aromatic rings. The lowest BCUT2D eigenvalue weighted by atomic mass is 10.0. The lowest BCUT2D eigenvalue weighted by molar-refractivity contribution is -0.0180. The summed E-state index contributed by atoms with van der Waals surface area (Å²) in [4.78, 5) is 9.57. The van der Waals surface area contributed by atoms with Crippen LogP contribution < -0.4 is 10.6 Å². The van der Waals surface area contributed by atoms with Crippen molar-refractivity contribution in [2.45, 2.75) is 58.6 Å². The molecular weight excluding hydrogens is 354 g/mol. The molecule has 3 N–H and O–H groups in total. The Hall–Kier alpha value is -0.890. The first-order valence-corrected chi connectivity index (χ1v) is 11.2. The van der Waals surface area contributed by atoms with Gasteiger partial charge in [-0.15, -0.1) is 0 Å². The Morgan fingerprint density at radius 3 is 2.43 bits per heavy atom. The van der Waals surface area contributed by atoms with Gasteiger partial charge >= 0.3 is 0 Å². The highest BCUT2D eigenvalue weighted by Crippen LogP contribution is 2.17. The topological polar surface area (TPSA) is 72.4 Å². The van der Waals surface area contributed by atoms with E-state index in [1.54, 1.807) is 0 Å². The van der Waals surface area contributed by atoms with Gasteiger partial charge in [-0.1, -0.05) is 13.8 Å². The summed E-state index contributed by atoms with van der Waals surface area (Å²) in [5.41, 5.74) is -0.841. The van der Waals surface area contributed by atoms with Crippen molar-refractivity contribution in [2.24, 2.45) is 10.9 Å². The van der Waals surface area contributed by atoms with E-state index in [9.17, 15) is 5.11 Å². The lowest BCUT2D eigenvalue weighted by Crippen LogP contribution is -2.49. The van der Waals surface area contributed by atoms with Crippen molar-refractivity contribution in [3.8, 4) is 0 Å². The summed E-state index contributed by atoms with van der Waals surface area (Å²) < 4.78 is 5.39. The largest absolute Gasteiger partial charge is 0.387 e. The highest BCUT2D eigenvalue weighted by atomic mass is 16.5. The number of ether oxygens (including phenoxy) is 1. The molecule has 7 nitrogen and oxygen atoms in total. The summed E-state index contributed by atoms with van der Waals surface area (Å²) in [5, 5.41) is 17.7.